The quantitative estimate of drug-likeness (QED) is 0.740. The number of aliphatic hydroxyl groups is 1. The van der Waals surface area contributed by atoms with Gasteiger partial charge in [0.25, 0.3) is 0 Å². The number of Topliss-reactive ketones (excluding diaryl/α,β-unsaturated/α-hetero) is 1. The van der Waals surface area contributed by atoms with Gasteiger partial charge in [0.2, 0.25) is 0 Å². The third-order valence-corrected chi connectivity index (χ3v) is 6.53. The molecule has 116 valence electrons. The largest absolute Gasteiger partial charge is 0.504 e. The molecule has 1 aromatic carbocycles. The van der Waals surface area contributed by atoms with E-state index in [9.17, 15) is 15.0 Å². The molecule has 5 rings (SSSR count). The summed E-state index contributed by atoms with van der Waals surface area (Å²) in [5.41, 5.74) is 0.370. The SMILES string of the molecule is CN1CC[C@]23c4c5ccc(O)c4O[C@H]2C(=O)CC[C@@]3(O)C1C5. The lowest BCUT2D eigenvalue weighted by atomic mass is 9.49. The molecule has 0 radical (unpaired) electrons. The van der Waals surface area contributed by atoms with E-state index >= 15 is 0 Å². The van der Waals surface area contributed by atoms with Crippen LogP contribution < -0.4 is 4.74 Å². The van der Waals surface area contributed by atoms with Gasteiger partial charge in [0.15, 0.2) is 23.4 Å². The number of benzene rings is 1. The highest BCUT2D eigenvalue weighted by Gasteiger charge is 2.72. The molecular weight excluding hydrogens is 282 g/mol. The first-order valence-corrected chi connectivity index (χ1v) is 7.96. The number of hydrogen-bond acceptors (Lipinski definition) is 5. The number of rotatable bonds is 0. The van der Waals surface area contributed by atoms with Gasteiger partial charge in [-0.1, -0.05) is 6.07 Å². The van der Waals surface area contributed by atoms with Crippen molar-refractivity contribution in [3.05, 3.63) is 23.3 Å². The number of carbonyl (C=O) groups is 1. The van der Waals surface area contributed by atoms with Crippen LogP contribution in [0.15, 0.2) is 12.1 Å². The standard InChI is InChI=1S/C17H19NO4/c1-18-7-6-16-13-9-2-3-10(19)14(13)22-15(16)11(20)4-5-17(16,21)12(18)8-9/h2-3,12,15,19,21H,4-8H2,1H3/t12?,15-,16-,17+/m0/s1. The Hall–Kier alpha value is -1.59. The zero-order valence-electron chi connectivity index (χ0n) is 12.5. The molecule has 2 bridgehead atoms. The lowest BCUT2D eigenvalue weighted by Crippen LogP contribution is -2.76. The molecule has 0 aromatic heterocycles. The van der Waals surface area contributed by atoms with E-state index in [-0.39, 0.29) is 17.6 Å². The van der Waals surface area contributed by atoms with Crippen molar-refractivity contribution in [2.75, 3.05) is 13.6 Å². The van der Waals surface area contributed by atoms with Crippen LogP contribution in [-0.2, 0) is 16.6 Å². The number of ether oxygens (including phenoxy) is 1. The minimum Gasteiger partial charge on any atom is -0.504 e. The number of carbonyl (C=O) groups excluding carboxylic acids is 1. The monoisotopic (exact) mass is 301 g/mol. The van der Waals surface area contributed by atoms with Crippen molar-refractivity contribution in [2.45, 2.75) is 48.8 Å². The van der Waals surface area contributed by atoms with Gasteiger partial charge in [-0.05, 0) is 44.5 Å². The van der Waals surface area contributed by atoms with Crippen molar-refractivity contribution < 1.29 is 19.7 Å². The van der Waals surface area contributed by atoms with Crippen LogP contribution in [0, 0.1) is 0 Å². The van der Waals surface area contributed by atoms with Gasteiger partial charge in [0, 0.05) is 18.0 Å². The van der Waals surface area contributed by atoms with Crippen LogP contribution in [0.4, 0.5) is 0 Å². The second-order valence-corrected chi connectivity index (χ2v) is 7.26. The highest BCUT2D eigenvalue weighted by molar-refractivity contribution is 5.90. The number of aromatic hydroxyl groups is 1. The van der Waals surface area contributed by atoms with Gasteiger partial charge < -0.3 is 19.8 Å². The van der Waals surface area contributed by atoms with E-state index in [1.54, 1.807) is 6.07 Å². The van der Waals surface area contributed by atoms with Gasteiger partial charge in [-0.3, -0.25) is 4.79 Å². The number of hydrogen-bond donors (Lipinski definition) is 2. The minimum atomic E-state index is -0.954. The lowest BCUT2D eigenvalue weighted by molar-refractivity contribution is -0.185. The molecule has 2 heterocycles. The Bertz CT molecular complexity index is 717. The number of likely N-dealkylation sites (tertiary alicyclic amines) is 1. The van der Waals surface area contributed by atoms with Crippen LogP contribution in [0.25, 0.3) is 0 Å². The Morgan fingerprint density at radius 2 is 2.18 bits per heavy atom. The van der Waals surface area contributed by atoms with E-state index in [0.29, 0.717) is 25.0 Å². The molecule has 1 aromatic rings. The molecular formula is C17H19NO4. The van der Waals surface area contributed by atoms with E-state index in [0.717, 1.165) is 24.1 Å². The van der Waals surface area contributed by atoms with Crippen LogP contribution in [0.1, 0.15) is 30.4 Å². The number of nitrogens with zero attached hydrogens (tertiary/aromatic N) is 1. The van der Waals surface area contributed by atoms with Crippen LogP contribution in [-0.4, -0.2) is 52.2 Å². The van der Waals surface area contributed by atoms with Crippen LogP contribution in [0.5, 0.6) is 11.5 Å². The molecule has 1 unspecified atom stereocenters. The van der Waals surface area contributed by atoms with Gasteiger partial charge in [-0.15, -0.1) is 0 Å². The Balaban J connectivity index is 1.88. The summed E-state index contributed by atoms with van der Waals surface area (Å²) < 4.78 is 5.94. The second kappa shape index (κ2) is 3.66. The van der Waals surface area contributed by atoms with Gasteiger partial charge in [0.1, 0.15) is 0 Å². The second-order valence-electron chi connectivity index (χ2n) is 7.26. The summed E-state index contributed by atoms with van der Waals surface area (Å²) in [7, 11) is 2.04. The van der Waals surface area contributed by atoms with Gasteiger partial charge in [0.05, 0.1) is 11.0 Å². The molecule has 22 heavy (non-hydrogen) atoms. The molecule has 2 aliphatic heterocycles. The molecule has 1 saturated carbocycles. The van der Waals surface area contributed by atoms with Crippen molar-refractivity contribution in [1.82, 2.24) is 4.90 Å². The molecule has 1 spiro atoms. The van der Waals surface area contributed by atoms with Crippen molar-refractivity contribution in [3.63, 3.8) is 0 Å². The molecule has 1 saturated heterocycles. The fraction of sp³-hybridized carbons (Fsp3) is 0.588. The number of phenolic OH excluding ortho intramolecular Hbond substituents is 1. The molecule has 5 nitrogen and oxygen atoms in total. The Kier molecular flexibility index (Phi) is 2.15. The molecule has 2 N–H and O–H groups in total. The number of phenols is 1. The topological polar surface area (TPSA) is 70.0 Å². The van der Waals surface area contributed by atoms with Crippen molar-refractivity contribution >= 4 is 5.78 Å². The molecule has 2 aliphatic carbocycles. The Morgan fingerprint density at radius 1 is 1.36 bits per heavy atom. The number of piperidine rings is 1. The van der Waals surface area contributed by atoms with Crippen LogP contribution >= 0.6 is 0 Å². The zero-order valence-corrected chi connectivity index (χ0v) is 12.5. The number of likely N-dealkylation sites (N-methyl/N-ethyl adjacent to an activating group) is 1. The summed E-state index contributed by atoms with van der Waals surface area (Å²) in [6, 6.07) is 3.57. The highest BCUT2D eigenvalue weighted by atomic mass is 16.5. The van der Waals surface area contributed by atoms with E-state index in [2.05, 4.69) is 4.90 Å². The van der Waals surface area contributed by atoms with Crippen LogP contribution in [0.2, 0.25) is 0 Å². The maximum absolute atomic E-state index is 12.5. The van der Waals surface area contributed by atoms with Crippen molar-refractivity contribution in [2.24, 2.45) is 0 Å². The minimum absolute atomic E-state index is 0.00319. The maximum atomic E-state index is 12.5. The first-order valence-electron chi connectivity index (χ1n) is 7.96. The zero-order chi connectivity index (χ0) is 15.3. The van der Waals surface area contributed by atoms with Gasteiger partial charge in [-0.25, -0.2) is 0 Å². The van der Waals surface area contributed by atoms with Gasteiger partial charge >= 0.3 is 0 Å². The third kappa shape index (κ3) is 1.13. The van der Waals surface area contributed by atoms with E-state index < -0.39 is 17.1 Å². The van der Waals surface area contributed by atoms with Crippen molar-refractivity contribution in [3.8, 4) is 11.5 Å². The fourth-order valence-corrected chi connectivity index (χ4v) is 5.54. The smallest absolute Gasteiger partial charge is 0.174 e. The fourth-order valence-electron chi connectivity index (χ4n) is 5.54. The summed E-state index contributed by atoms with van der Waals surface area (Å²) in [5, 5.41) is 21.8. The summed E-state index contributed by atoms with van der Waals surface area (Å²) in [6.07, 6.45) is 1.61. The molecule has 2 fully saturated rings. The first-order chi connectivity index (χ1) is 10.5. The maximum Gasteiger partial charge on any atom is 0.174 e. The normalized spacial score (nSPS) is 42.0. The molecule has 5 heteroatoms. The summed E-state index contributed by atoms with van der Waals surface area (Å²) >= 11 is 0. The van der Waals surface area contributed by atoms with E-state index in [1.807, 2.05) is 13.1 Å². The summed E-state index contributed by atoms with van der Waals surface area (Å²) in [4.78, 5) is 14.7. The van der Waals surface area contributed by atoms with Crippen LogP contribution in [0.3, 0.4) is 0 Å². The van der Waals surface area contributed by atoms with Gasteiger partial charge in [-0.2, -0.15) is 0 Å². The highest BCUT2D eigenvalue weighted by Crippen LogP contribution is 2.64. The average molecular weight is 301 g/mol. The average Bonchev–Trinajstić information content (AvgIpc) is 2.85. The predicted octanol–water partition coefficient (Wildman–Crippen LogP) is 0.745. The molecule has 4 atom stereocenters. The third-order valence-electron chi connectivity index (χ3n) is 6.53. The molecule has 0 amide bonds. The van der Waals surface area contributed by atoms with E-state index in [1.165, 1.54) is 0 Å². The molecule has 4 aliphatic rings. The Labute approximate surface area is 128 Å². The van der Waals surface area contributed by atoms with Crippen molar-refractivity contribution in [1.29, 1.82) is 0 Å². The number of ketones is 1. The first kappa shape index (κ1) is 12.9. The predicted molar refractivity (Wildman–Crippen MR) is 78.1 cm³/mol. The van der Waals surface area contributed by atoms with E-state index in [4.69, 9.17) is 4.74 Å². The Morgan fingerprint density at radius 3 is 3.00 bits per heavy atom. The summed E-state index contributed by atoms with van der Waals surface area (Å²) in [5.74, 6) is 0.561. The lowest BCUT2D eigenvalue weighted by Gasteiger charge is -2.61. The summed E-state index contributed by atoms with van der Waals surface area (Å²) in [6.45, 7) is 0.828.